The summed E-state index contributed by atoms with van der Waals surface area (Å²) in [6, 6.07) is 9.90. The minimum atomic E-state index is 0.0232. The van der Waals surface area contributed by atoms with E-state index in [1.807, 2.05) is 41.0 Å². The van der Waals surface area contributed by atoms with Gasteiger partial charge in [-0.3, -0.25) is 9.36 Å². The van der Waals surface area contributed by atoms with Gasteiger partial charge in [-0.05, 0) is 12.3 Å². The molecular weight excluding hydrogens is 320 g/mol. The van der Waals surface area contributed by atoms with Gasteiger partial charge in [-0.2, -0.15) is 0 Å². The molecule has 24 heavy (non-hydrogen) atoms. The molecule has 0 aliphatic carbocycles. The Morgan fingerprint density at radius 2 is 2.08 bits per heavy atom. The maximum Gasteiger partial charge on any atom is 0.230 e. The fraction of sp³-hybridized carbons (Fsp3) is 0.389. The summed E-state index contributed by atoms with van der Waals surface area (Å²) in [5, 5.41) is 12.2. The molecule has 0 atom stereocenters. The first kappa shape index (κ1) is 18.3. The molecule has 128 valence electrons. The Labute approximate surface area is 147 Å². The van der Waals surface area contributed by atoms with Crippen LogP contribution in [0.5, 0.6) is 0 Å². The molecule has 0 unspecified atom stereocenters. The van der Waals surface area contributed by atoms with Crippen molar-refractivity contribution in [3.8, 4) is 11.4 Å². The van der Waals surface area contributed by atoms with E-state index in [1.165, 1.54) is 11.8 Å². The minimum absolute atomic E-state index is 0.0232. The van der Waals surface area contributed by atoms with Crippen molar-refractivity contribution in [2.45, 2.75) is 32.0 Å². The molecule has 2 rings (SSSR count). The van der Waals surface area contributed by atoms with Gasteiger partial charge in [-0.25, -0.2) is 0 Å². The van der Waals surface area contributed by atoms with Crippen LogP contribution in [0.15, 0.2) is 48.1 Å². The van der Waals surface area contributed by atoms with Crippen LogP contribution in [0.4, 0.5) is 0 Å². The van der Waals surface area contributed by atoms with Gasteiger partial charge in [0, 0.05) is 18.7 Å². The molecule has 2 aromatic rings. The number of aromatic nitrogens is 3. The maximum absolute atomic E-state index is 11.9. The summed E-state index contributed by atoms with van der Waals surface area (Å²) in [7, 11) is 0. The van der Waals surface area contributed by atoms with Crippen molar-refractivity contribution < 1.29 is 4.79 Å². The lowest BCUT2D eigenvalue weighted by Crippen LogP contribution is -2.27. The number of thioether (sulfide) groups is 1. The number of rotatable bonds is 9. The van der Waals surface area contributed by atoms with E-state index >= 15 is 0 Å². The molecule has 0 aliphatic rings. The van der Waals surface area contributed by atoms with Crippen molar-refractivity contribution in [1.82, 2.24) is 20.1 Å². The summed E-state index contributed by atoms with van der Waals surface area (Å²) in [4.78, 5) is 11.9. The van der Waals surface area contributed by atoms with E-state index in [4.69, 9.17) is 0 Å². The number of benzene rings is 1. The molecular formula is C18H24N4OS. The van der Waals surface area contributed by atoms with Crippen molar-refractivity contribution in [3.05, 3.63) is 43.0 Å². The Morgan fingerprint density at radius 1 is 1.33 bits per heavy atom. The van der Waals surface area contributed by atoms with Crippen LogP contribution in [0.25, 0.3) is 11.4 Å². The molecule has 5 nitrogen and oxygen atoms in total. The topological polar surface area (TPSA) is 59.8 Å². The monoisotopic (exact) mass is 344 g/mol. The van der Waals surface area contributed by atoms with Crippen LogP contribution in [-0.2, 0) is 11.3 Å². The molecule has 1 N–H and O–H groups in total. The van der Waals surface area contributed by atoms with Gasteiger partial charge in [0.25, 0.3) is 0 Å². The zero-order chi connectivity index (χ0) is 17.4. The zero-order valence-electron chi connectivity index (χ0n) is 14.2. The van der Waals surface area contributed by atoms with Crippen molar-refractivity contribution in [2.75, 3.05) is 12.3 Å². The van der Waals surface area contributed by atoms with Crippen molar-refractivity contribution in [1.29, 1.82) is 0 Å². The fourth-order valence-electron chi connectivity index (χ4n) is 2.17. The largest absolute Gasteiger partial charge is 0.355 e. The van der Waals surface area contributed by atoms with Gasteiger partial charge in [-0.1, -0.05) is 62.0 Å². The Hall–Kier alpha value is -2.08. The van der Waals surface area contributed by atoms with E-state index in [0.717, 1.165) is 23.0 Å². The number of nitrogens with one attached hydrogen (secondary N) is 1. The molecule has 0 aliphatic heterocycles. The van der Waals surface area contributed by atoms with Crippen LogP contribution < -0.4 is 5.32 Å². The lowest BCUT2D eigenvalue weighted by molar-refractivity contribution is -0.118. The van der Waals surface area contributed by atoms with E-state index < -0.39 is 0 Å². The average Bonchev–Trinajstić information content (AvgIpc) is 2.96. The number of allylic oxidation sites excluding steroid dienone is 1. The summed E-state index contributed by atoms with van der Waals surface area (Å²) < 4.78 is 1.98. The first-order valence-electron chi connectivity index (χ1n) is 8.10. The maximum atomic E-state index is 11.9. The smallest absolute Gasteiger partial charge is 0.230 e. The van der Waals surface area contributed by atoms with Gasteiger partial charge < -0.3 is 5.32 Å². The second kappa shape index (κ2) is 9.27. The average molecular weight is 344 g/mol. The van der Waals surface area contributed by atoms with E-state index in [9.17, 15) is 4.79 Å². The van der Waals surface area contributed by atoms with Crippen molar-refractivity contribution >= 4 is 17.7 Å². The third-order valence-electron chi connectivity index (χ3n) is 3.44. The molecule has 1 aromatic heterocycles. The standard InChI is InChI=1S/C18H24N4OS/c1-4-12-22-17(15-8-6-5-7-9-15)20-21-18(22)24-13-16(23)19-11-10-14(2)3/h4-9,14H,1,10-13H2,2-3H3,(H,19,23). The first-order valence-corrected chi connectivity index (χ1v) is 9.09. The van der Waals surface area contributed by atoms with Gasteiger partial charge >= 0.3 is 0 Å². The van der Waals surface area contributed by atoms with Crippen LogP contribution in [0.2, 0.25) is 0 Å². The summed E-state index contributed by atoms with van der Waals surface area (Å²) in [5.74, 6) is 1.73. The summed E-state index contributed by atoms with van der Waals surface area (Å²) >= 11 is 1.40. The van der Waals surface area contributed by atoms with Gasteiger partial charge in [0.1, 0.15) is 0 Å². The first-order chi connectivity index (χ1) is 11.6. The van der Waals surface area contributed by atoms with E-state index in [-0.39, 0.29) is 5.91 Å². The highest BCUT2D eigenvalue weighted by Crippen LogP contribution is 2.23. The minimum Gasteiger partial charge on any atom is -0.355 e. The van der Waals surface area contributed by atoms with E-state index in [0.29, 0.717) is 24.8 Å². The van der Waals surface area contributed by atoms with Crippen molar-refractivity contribution in [2.24, 2.45) is 5.92 Å². The van der Waals surface area contributed by atoms with Gasteiger partial charge in [0.05, 0.1) is 5.75 Å². The Balaban J connectivity index is 2.01. The quantitative estimate of drug-likeness (QED) is 0.559. The molecule has 0 saturated heterocycles. The summed E-state index contributed by atoms with van der Waals surface area (Å²) in [6.07, 6.45) is 2.80. The van der Waals surface area contributed by atoms with E-state index in [2.05, 4.69) is 35.9 Å². The molecule has 0 saturated carbocycles. The molecule has 0 spiro atoms. The van der Waals surface area contributed by atoms with Gasteiger partial charge in [0.15, 0.2) is 11.0 Å². The lowest BCUT2D eigenvalue weighted by Gasteiger charge is -2.09. The van der Waals surface area contributed by atoms with Crippen molar-refractivity contribution in [3.63, 3.8) is 0 Å². The number of hydrogen-bond donors (Lipinski definition) is 1. The number of nitrogens with zero attached hydrogens (tertiary/aromatic N) is 3. The summed E-state index contributed by atoms with van der Waals surface area (Å²) in [6.45, 7) is 9.40. The lowest BCUT2D eigenvalue weighted by atomic mass is 10.1. The van der Waals surface area contributed by atoms with Gasteiger partial charge in [0.2, 0.25) is 5.91 Å². The molecule has 6 heteroatoms. The second-order valence-electron chi connectivity index (χ2n) is 5.89. The highest BCUT2D eigenvalue weighted by Gasteiger charge is 2.14. The SMILES string of the molecule is C=CCn1c(SCC(=O)NCCC(C)C)nnc1-c1ccccc1. The predicted octanol–water partition coefficient (Wildman–Crippen LogP) is 3.39. The van der Waals surface area contributed by atoms with Crippen LogP contribution >= 0.6 is 11.8 Å². The molecule has 0 radical (unpaired) electrons. The molecule has 0 fully saturated rings. The summed E-state index contributed by atoms with van der Waals surface area (Å²) in [5.41, 5.74) is 1.00. The third kappa shape index (κ3) is 5.23. The third-order valence-corrected chi connectivity index (χ3v) is 4.40. The number of carbonyl (C=O) groups excluding carboxylic acids is 1. The number of hydrogen-bond acceptors (Lipinski definition) is 4. The van der Waals surface area contributed by atoms with Crippen LogP contribution in [-0.4, -0.2) is 33.0 Å². The number of amides is 1. The Morgan fingerprint density at radius 3 is 2.75 bits per heavy atom. The Bertz CT molecular complexity index is 667. The molecule has 1 aromatic carbocycles. The highest BCUT2D eigenvalue weighted by atomic mass is 32.2. The zero-order valence-corrected chi connectivity index (χ0v) is 15.1. The molecule has 1 heterocycles. The fourth-order valence-corrected chi connectivity index (χ4v) is 2.95. The van der Waals surface area contributed by atoms with Crippen LogP contribution in [0, 0.1) is 5.92 Å². The predicted molar refractivity (Wildman–Crippen MR) is 98.8 cm³/mol. The highest BCUT2D eigenvalue weighted by molar-refractivity contribution is 7.99. The van der Waals surface area contributed by atoms with Crippen LogP contribution in [0.1, 0.15) is 20.3 Å². The molecule has 1 amide bonds. The second-order valence-corrected chi connectivity index (χ2v) is 6.84. The Kier molecular flexibility index (Phi) is 7.06. The normalized spacial score (nSPS) is 10.8. The van der Waals surface area contributed by atoms with E-state index in [1.54, 1.807) is 0 Å². The van der Waals surface area contributed by atoms with Crippen LogP contribution in [0.3, 0.4) is 0 Å². The number of carbonyl (C=O) groups is 1. The van der Waals surface area contributed by atoms with Gasteiger partial charge in [-0.15, -0.1) is 16.8 Å². The molecule has 0 bridgehead atoms.